The van der Waals surface area contributed by atoms with E-state index in [1.54, 1.807) is 24.3 Å². The molecule has 0 saturated heterocycles. The largest absolute Gasteiger partial charge is 0.352 e. The minimum absolute atomic E-state index is 0.0315. The Hall–Kier alpha value is -1.36. The Balaban J connectivity index is 2.52. The molecule has 5 heteroatoms. The van der Waals surface area contributed by atoms with Crippen LogP contribution in [-0.2, 0) is 21.2 Å². The van der Waals surface area contributed by atoms with E-state index in [1.807, 2.05) is 6.92 Å². The van der Waals surface area contributed by atoms with Crippen molar-refractivity contribution in [2.24, 2.45) is 0 Å². The molecule has 18 heavy (non-hydrogen) atoms. The highest BCUT2D eigenvalue weighted by Crippen LogP contribution is 2.10. The van der Waals surface area contributed by atoms with Crippen LogP contribution in [0, 0.1) is 0 Å². The third kappa shape index (κ3) is 4.87. The quantitative estimate of drug-likeness (QED) is 0.858. The first-order chi connectivity index (χ1) is 8.43. The standard InChI is InChI=1S/C13H19NO3S/c1-3-4-5-13(15)14-10-11-6-8-12(9-7-11)18(2,16)17/h6-9H,3-5,10H2,1-2H3,(H,14,15). The molecule has 1 aromatic rings. The average molecular weight is 269 g/mol. The van der Waals surface area contributed by atoms with Crippen molar-refractivity contribution in [3.63, 3.8) is 0 Å². The van der Waals surface area contributed by atoms with E-state index in [-0.39, 0.29) is 5.91 Å². The van der Waals surface area contributed by atoms with Gasteiger partial charge in [-0.25, -0.2) is 8.42 Å². The first-order valence-electron chi connectivity index (χ1n) is 5.99. The number of nitrogens with one attached hydrogen (secondary N) is 1. The van der Waals surface area contributed by atoms with Gasteiger partial charge in [-0.05, 0) is 24.1 Å². The Kier molecular flexibility index (Phi) is 5.34. The monoisotopic (exact) mass is 269 g/mol. The summed E-state index contributed by atoms with van der Waals surface area (Å²) in [6, 6.07) is 6.55. The molecule has 0 spiro atoms. The number of sulfone groups is 1. The van der Waals surface area contributed by atoms with Crippen LogP contribution in [0.4, 0.5) is 0 Å². The lowest BCUT2D eigenvalue weighted by Crippen LogP contribution is -2.22. The zero-order valence-electron chi connectivity index (χ0n) is 10.8. The van der Waals surface area contributed by atoms with E-state index < -0.39 is 9.84 Å². The topological polar surface area (TPSA) is 63.2 Å². The molecule has 0 aromatic heterocycles. The van der Waals surface area contributed by atoms with Crippen LogP contribution in [-0.4, -0.2) is 20.6 Å². The van der Waals surface area contributed by atoms with Gasteiger partial charge in [0.2, 0.25) is 5.91 Å². The van der Waals surface area contributed by atoms with Crippen molar-refractivity contribution in [3.05, 3.63) is 29.8 Å². The summed E-state index contributed by atoms with van der Waals surface area (Å²) in [4.78, 5) is 11.7. The second-order valence-corrected chi connectivity index (χ2v) is 6.31. The minimum Gasteiger partial charge on any atom is -0.352 e. The van der Waals surface area contributed by atoms with Crippen molar-refractivity contribution in [3.8, 4) is 0 Å². The third-order valence-electron chi connectivity index (χ3n) is 2.60. The molecule has 0 radical (unpaired) electrons. The van der Waals surface area contributed by atoms with Gasteiger partial charge in [0.05, 0.1) is 4.90 Å². The number of unbranched alkanes of at least 4 members (excludes halogenated alkanes) is 1. The molecule has 0 bridgehead atoms. The number of amides is 1. The molecule has 100 valence electrons. The van der Waals surface area contributed by atoms with E-state index in [2.05, 4.69) is 5.32 Å². The zero-order valence-corrected chi connectivity index (χ0v) is 11.6. The molecule has 0 atom stereocenters. The number of carbonyl (C=O) groups excluding carboxylic acids is 1. The van der Waals surface area contributed by atoms with Gasteiger partial charge in [0, 0.05) is 19.2 Å². The van der Waals surface area contributed by atoms with Crippen LogP contribution in [0.2, 0.25) is 0 Å². The molecule has 0 unspecified atom stereocenters. The van der Waals surface area contributed by atoms with Gasteiger partial charge < -0.3 is 5.32 Å². The van der Waals surface area contributed by atoms with Crippen LogP contribution >= 0.6 is 0 Å². The van der Waals surface area contributed by atoms with Gasteiger partial charge in [0.25, 0.3) is 0 Å². The highest BCUT2D eigenvalue weighted by Gasteiger charge is 2.06. The zero-order chi connectivity index (χ0) is 13.6. The van der Waals surface area contributed by atoms with Crippen LogP contribution < -0.4 is 5.32 Å². The van der Waals surface area contributed by atoms with E-state index in [9.17, 15) is 13.2 Å². The fourth-order valence-electron chi connectivity index (χ4n) is 1.48. The van der Waals surface area contributed by atoms with Gasteiger partial charge in [-0.2, -0.15) is 0 Å². The summed E-state index contributed by atoms with van der Waals surface area (Å²) in [5.74, 6) is 0.0315. The van der Waals surface area contributed by atoms with Crippen LogP contribution in [0.25, 0.3) is 0 Å². The molecule has 0 saturated carbocycles. The Morgan fingerprint density at radius 3 is 2.33 bits per heavy atom. The summed E-state index contributed by atoms with van der Waals surface area (Å²) in [7, 11) is -3.15. The number of hydrogen-bond acceptors (Lipinski definition) is 3. The van der Waals surface area contributed by atoms with E-state index >= 15 is 0 Å². The molecule has 0 aliphatic rings. The second kappa shape index (κ2) is 6.54. The molecule has 4 nitrogen and oxygen atoms in total. The fraction of sp³-hybridized carbons (Fsp3) is 0.462. The molecule has 1 amide bonds. The lowest BCUT2D eigenvalue weighted by molar-refractivity contribution is -0.121. The van der Waals surface area contributed by atoms with Gasteiger partial charge in [-0.15, -0.1) is 0 Å². The van der Waals surface area contributed by atoms with Crippen molar-refractivity contribution >= 4 is 15.7 Å². The first-order valence-corrected chi connectivity index (χ1v) is 7.88. The highest BCUT2D eigenvalue weighted by atomic mass is 32.2. The minimum atomic E-state index is -3.15. The van der Waals surface area contributed by atoms with Gasteiger partial charge in [-0.3, -0.25) is 4.79 Å². The highest BCUT2D eigenvalue weighted by molar-refractivity contribution is 7.90. The van der Waals surface area contributed by atoms with E-state index in [4.69, 9.17) is 0 Å². The van der Waals surface area contributed by atoms with Gasteiger partial charge in [0.1, 0.15) is 0 Å². The number of hydrogen-bond donors (Lipinski definition) is 1. The predicted molar refractivity (Wildman–Crippen MR) is 70.9 cm³/mol. The maximum atomic E-state index is 11.4. The summed E-state index contributed by atoms with van der Waals surface area (Å²) in [6.07, 6.45) is 3.60. The lowest BCUT2D eigenvalue weighted by Gasteiger charge is -2.05. The van der Waals surface area contributed by atoms with E-state index in [0.717, 1.165) is 18.4 Å². The van der Waals surface area contributed by atoms with Crippen molar-refractivity contribution in [2.45, 2.75) is 37.6 Å². The van der Waals surface area contributed by atoms with Crippen molar-refractivity contribution in [1.29, 1.82) is 0 Å². The summed E-state index contributed by atoms with van der Waals surface area (Å²) in [6.45, 7) is 2.48. The molecule has 1 rings (SSSR count). The van der Waals surface area contributed by atoms with Gasteiger partial charge >= 0.3 is 0 Å². The molecule has 1 aromatic carbocycles. The predicted octanol–water partition coefficient (Wildman–Crippen LogP) is 1.90. The van der Waals surface area contributed by atoms with Crippen LogP contribution in [0.3, 0.4) is 0 Å². The number of carbonyl (C=O) groups is 1. The molecular formula is C13H19NO3S. The molecule has 1 N–H and O–H groups in total. The molecule has 0 aliphatic heterocycles. The van der Waals surface area contributed by atoms with Crippen molar-refractivity contribution in [2.75, 3.05) is 6.26 Å². The summed E-state index contributed by atoms with van der Waals surface area (Å²) < 4.78 is 22.5. The molecule has 0 aliphatic carbocycles. The number of rotatable bonds is 6. The van der Waals surface area contributed by atoms with Crippen LogP contribution in [0.5, 0.6) is 0 Å². The smallest absolute Gasteiger partial charge is 0.220 e. The Morgan fingerprint density at radius 1 is 1.22 bits per heavy atom. The van der Waals surface area contributed by atoms with Gasteiger partial charge in [-0.1, -0.05) is 25.5 Å². The van der Waals surface area contributed by atoms with Crippen LogP contribution in [0.1, 0.15) is 31.7 Å². The normalized spacial score (nSPS) is 11.2. The summed E-state index contributed by atoms with van der Waals surface area (Å²) >= 11 is 0. The lowest BCUT2D eigenvalue weighted by atomic mass is 10.2. The Morgan fingerprint density at radius 2 is 1.83 bits per heavy atom. The summed E-state index contributed by atoms with van der Waals surface area (Å²) in [5, 5.41) is 2.80. The van der Waals surface area contributed by atoms with Crippen molar-refractivity contribution in [1.82, 2.24) is 5.32 Å². The Labute approximate surface area is 108 Å². The second-order valence-electron chi connectivity index (χ2n) is 4.30. The Bertz CT molecular complexity index is 491. The molecular weight excluding hydrogens is 250 g/mol. The molecule has 0 heterocycles. The van der Waals surface area contributed by atoms with Gasteiger partial charge in [0.15, 0.2) is 9.84 Å². The molecule has 0 fully saturated rings. The number of benzene rings is 1. The SMILES string of the molecule is CCCCC(=O)NCc1ccc(S(C)(=O)=O)cc1. The summed E-state index contributed by atoms with van der Waals surface area (Å²) in [5.41, 5.74) is 0.896. The fourth-order valence-corrected chi connectivity index (χ4v) is 2.11. The average Bonchev–Trinajstić information content (AvgIpc) is 2.33. The van der Waals surface area contributed by atoms with Crippen molar-refractivity contribution < 1.29 is 13.2 Å². The third-order valence-corrected chi connectivity index (χ3v) is 3.73. The maximum absolute atomic E-state index is 11.4. The van der Waals surface area contributed by atoms with E-state index in [1.165, 1.54) is 6.26 Å². The maximum Gasteiger partial charge on any atom is 0.220 e. The van der Waals surface area contributed by atoms with Crippen LogP contribution in [0.15, 0.2) is 29.2 Å². The van der Waals surface area contributed by atoms with E-state index in [0.29, 0.717) is 17.9 Å². The first kappa shape index (κ1) is 14.7.